The number of piperidine rings is 1. The molecule has 2 nitrogen and oxygen atoms in total. The highest BCUT2D eigenvalue weighted by Crippen LogP contribution is 2.54. The average molecular weight is 182 g/mol. The van der Waals surface area contributed by atoms with E-state index >= 15 is 0 Å². The largest absolute Gasteiger partial charge is 0.319 e. The van der Waals surface area contributed by atoms with Crippen LogP contribution in [0.2, 0.25) is 0 Å². The molecule has 0 spiro atoms. The summed E-state index contributed by atoms with van der Waals surface area (Å²) in [5, 5.41) is 3.37. The molecule has 13 heavy (non-hydrogen) atoms. The lowest BCUT2D eigenvalue weighted by Gasteiger charge is -2.34. The van der Waals surface area contributed by atoms with Gasteiger partial charge in [0.25, 0.3) is 0 Å². The van der Waals surface area contributed by atoms with Gasteiger partial charge in [0, 0.05) is 6.54 Å². The Balaban J connectivity index is 1.87. The Kier molecular flexibility index (Phi) is 2.61. The summed E-state index contributed by atoms with van der Waals surface area (Å²) < 4.78 is 0. The molecule has 2 aliphatic rings. The molecule has 1 saturated heterocycles. The topological polar surface area (TPSA) is 15.3 Å². The van der Waals surface area contributed by atoms with Crippen molar-refractivity contribution in [3.05, 3.63) is 0 Å². The quantitative estimate of drug-likeness (QED) is 0.708. The molecule has 0 radical (unpaired) electrons. The molecule has 76 valence electrons. The van der Waals surface area contributed by atoms with Gasteiger partial charge in [0.2, 0.25) is 0 Å². The number of rotatable bonds is 3. The molecule has 0 amide bonds. The number of nitrogens with zero attached hydrogens (tertiary/aromatic N) is 1. The van der Waals surface area contributed by atoms with Crippen LogP contribution in [-0.4, -0.2) is 38.6 Å². The van der Waals surface area contributed by atoms with E-state index in [1.807, 2.05) is 0 Å². The van der Waals surface area contributed by atoms with Crippen LogP contribution in [0.15, 0.2) is 0 Å². The van der Waals surface area contributed by atoms with E-state index in [9.17, 15) is 0 Å². The van der Waals surface area contributed by atoms with Gasteiger partial charge in [-0.1, -0.05) is 0 Å². The Labute approximate surface area is 81.7 Å². The summed E-state index contributed by atoms with van der Waals surface area (Å²) in [6, 6.07) is 0. The first-order valence-electron chi connectivity index (χ1n) is 5.60. The molecule has 1 N–H and O–H groups in total. The van der Waals surface area contributed by atoms with Crippen molar-refractivity contribution in [2.45, 2.75) is 25.7 Å². The summed E-state index contributed by atoms with van der Waals surface area (Å²) in [5.74, 6) is 1.01. The van der Waals surface area contributed by atoms with Gasteiger partial charge in [-0.25, -0.2) is 0 Å². The number of hydrogen-bond acceptors (Lipinski definition) is 2. The van der Waals surface area contributed by atoms with Crippen LogP contribution >= 0.6 is 0 Å². The van der Waals surface area contributed by atoms with Gasteiger partial charge >= 0.3 is 0 Å². The fourth-order valence-corrected chi connectivity index (χ4v) is 2.86. The van der Waals surface area contributed by atoms with Crippen LogP contribution in [0.5, 0.6) is 0 Å². The van der Waals surface area contributed by atoms with E-state index < -0.39 is 0 Å². The first kappa shape index (κ1) is 9.47. The first-order chi connectivity index (χ1) is 6.27. The summed E-state index contributed by atoms with van der Waals surface area (Å²) in [6.07, 6.45) is 5.81. The Hall–Kier alpha value is -0.0800. The fraction of sp³-hybridized carbons (Fsp3) is 1.00. The second kappa shape index (κ2) is 3.58. The van der Waals surface area contributed by atoms with E-state index in [2.05, 4.69) is 24.3 Å². The minimum atomic E-state index is 0.718. The Morgan fingerprint density at radius 2 is 1.92 bits per heavy atom. The van der Waals surface area contributed by atoms with Gasteiger partial charge < -0.3 is 10.2 Å². The molecule has 2 fully saturated rings. The first-order valence-corrected chi connectivity index (χ1v) is 5.60. The standard InChI is InChI=1S/C11H22N2/c1-12-9-11(5-6-11)10-3-7-13(2)8-4-10/h10,12H,3-9H2,1-2H3. The minimum absolute atomic E-state index is 0.718. The van der Waals surface area contributed by atoms with E-state index in [0.717, 1.165) is 11.3 Å². The maximum absolute atomic E-state index is 3.37. The molecule has 1 saturated carbocycles. The third kappa shape index (κ3) is 1.89. The van der Waals surface area contributed by atoms with Gasteiger partial charge in [-0.05, 0) is 64.2 Å². The molecule has 2 rings (SSSR count). The third-order valence-electron chi connectivity index (χ3n) is 4.01. The Bertz CT molecular complexity index is 167. The van der Waals surface area contributed by atoms with Crippen molar-refractivity contribution in [3.63, 3.8) is 0 Å². The molecular weight excluding hydrogens is 160 g/mol. The molecule has 0 unspecified atom stereocenters. The van der Waals surface area contributed by atoms with Crippen LogP contribution in [0, 0.1) is 11.3 Å². The van der Waals surface area contributed by atoms with Gasteiger partial charge in [-0.2, -0.15) is 0 Å². The molecule has 1 aliphatic carbocycles. The smallest absolute Gasteiger partial charge is 0.000748 e. The summed E-state index contributed by atoms with van der Waals surface area (Å²) in [6.45, 7) is 3.88. The zero-order valence-corrected chi connectivity index (χ0v) is 8.97. The van der Waals surface area contributed by atoms with Crippen molar-refractivity contribution in [1.82, 2.24) is 10.2 Å². The summed E-state index contributed by atoms with van der Waals surface area (Å²) in [4.78, 5) is 2.46. The Morgan fingerprint density at radius 3 is 2.38 bits per heavy atom. The summed E-state index contributed by atoms with van der Waals surface area (Å²) in [7, 11) is 4.34. The number of nitrogens with one attached hydrogen (secondary N) is 1. The predicted octanol–water partition coefficient (Wildman–Crippen LogP) is 1.33. The molecule has 0 aromatic heterocycles. The predicted molar refractivity (Wildman–Crippen MR) is 55.8 cm³/mol. The van der Waals surface area contributed by atoms with Crippen LogP contribution in [0.1, 0.15) is 25.7 Å². The van der Waals surface area contributed by atoms with Crippen molar-refractivity contribution >= 4 is 0 Å². The van der Waals surface area contributed by atoms with E-state index in [1.165, 1.54) is 45.3 Å². The zero-order chi connectivity index (χ0) is 9.31. The lowest BCUT2D eigenvalue weighted by Crippen LogP contribution is -2.37. The summed E-state index contributed by atoms with van der Waals surface area (Å²) >= 11 is 0. The van der Waals surface area contributed by atoms with Crippen molar-refractivity contribution in [1.29, 1.82) is 0 Å². The molecule has 0 aromatic rings. The lowest BCUT2D eigenvalue weighted by atomic mass is 9.81. The second-order valence-corrected chi connectivity index (χ2v) is 4.97. The molecule has 2 heteroatoms. The molecule has 0 aromatic carbocycles. The third-order valence-corrected chi connectivity index (χ3v) is 4.01. The van der Waals surface area contributed by atoms with E-state index in [1.54, 1.807) is 0 Å². The van der Waals surface area contributed by atoms with Gasteiger partial charge in [-0.3, -0.25) is 0 Å². The fourth-order valence-electron chi connectivity index (χ4n) is 2.86. The number of hydrogen-bond donors (Lipinski definition) is 1. The van der Waals surface area contributed by atoms with E-state index in [4.69, 9.17) is 0 Å². The maximum Gasteiger partial charge on any atom is 0.000748 e. The van der Waals surface area contributed by atoms with Crippen molar-refractivity contribution in [2.75, 3.05) is 33.7 Å². The maximum atomic E-state index is 3.37. The Morgan fingerprint density at radius 1 is 1.31 bits per heavy atom. The lowest BCUT2D eigenvalue weighted by molar-refractivity contribution is 0.157. The average Bonchev–Trinajstić information content (AvgIpc) is 2.87. The van der Waals surface area contributed by atoms with Crippen LogP contribution in [-0.2, 0) is 0 Å². The van der Waals surface area contributed by atoms with Crippen LogP contribution in [0.25, 0.3) is 0 Å². The summed E-state index contributed by atoms with van der Waals surface area (Å²) in [5.41, 5.74) is 0.718. The minimum Gasteiger partial charge on any atom is -0.319 e. The highest BCUT2D eigenvalue weighted by atomic mass is 15.1. The van der Waals surface area contributed by atoms with Gasteiger partial charge in [0.15, 0.2) is 0 Å². The van der Waals surface area contributed by atoms with Gasteiger partial charge in [-0.15, -0.1) is 0 Å². The molecule has 0 atom stereocenters. The van der Waals surface area contributed by atoms with Crippen molar-refractivity contribution < 1.29 is 0 Å². The monoisotopic (exact) mass is 182 g/mol. The highest BCUT2D eigenvalue weighted by molar-refractivity contribution is 5.00. The van der Waals surface area contributed by atoms with Crippen molar-refractivity contribution in [3.8, 4) is 0 Å². The number of likely N-dealkylation sites (tertiary alicyclic amines) is 1. The zero-order valence-electron chi connectivity index (χ0n) is 8.97. The molecule has 1 aliphatic heterocycles. The normalized spacial score (nSPS) is 29.1. The van der Waals surface area contributed by atoms with Crippen molar-refractivity contribution in [2.24, 2.45) is 11.3 Å². The molecule has 1 heterocycles. The van der Waals surface area contributed by atoms with E-state index in [-0.39, 0.29) is 0 Å². The van der Waals surface area contributed by atoms with Gasteiger partial charge in [0.05, 0.1) is 0 Å². The van der Waals surface area contributed by atoms with E-state index in [0.29, 0.717) is 0 Å². The van der Waals surface area contributed by atoms with Crippen LogP contribution in [0.4, 0.5) is 0 Å². The SMILES string of the molecule is CNCC1(C2CCN(C)CC2)CC1. The van der Waals surface area contributed by atoms with Gasteiger partial charge in [0.1, 0.15) is 0 Å². The highest BCUT2D eigenvalue weighted by Gasteiger charge is 2.48. The molecular formula is C11H22N2. The molecule has 0 bridgehead atoms. The van der Waals surface area contributed by atoms with Crippen LogP contribution < -0.4 is 5.32 Å². The second-order valence-electron chi connectivity index (χ2n) is 4.97. The van der Waals surface area contributed by atoms with Crippen LogP contribution in [0.3, 0.4) is 0 Å².